The number of piperidine rings is 1. The van der Waals surface area contributed by atoms with Gasteiger partial charge < -0.3 is 10.0 Å². The van der Waals surface area contributed by atoms with Crippen molar-refractivity contribution in [3.63, 3.8) is 0 Å². The monoisotopic (exact) mass is 313 g/mol. The van der Waals surface area contributed by atoms with E-state index in [0.29, 0.717) is 12.2 Å². The molecule has 3 rings (SSSR count). The minimum atomic E-state index is -0.924. The van der Waals surface area contributed by atoms with Crippen molar-refractivity contribution < 1.29 is 14.7 Å². The van der Waals surface area contributed by atoms with Gasteiger partial charge in [-0.2, -0.15) is 5.10 Å². The maximum atomic E-state index is 12.5. The highest BCUT2D eigenvalue weighted by Crippen LogP contribution is 2.27. The summed E-state index contributed by atoms with van der Waals surface area (Å²) < 4.78 is 1.62. The lowest BCUT2D eigenvalue weighted by Crippen LogP contribution is -2.39. The van der Waals surface area contributed by atoms with Gasteiger partial charge in [0.2, 0.25) is 0 Å². The Balaban J connectivity index is 1.72. The molecule has 1 unspecified atom stereocenters. The average Bonchev–Trinajstić information content (AvgIpc) is 3.01. The quantitative estimate of drug-likeness (QED) is 0.942. The van der Waals surface area contributed by atoms with Gasteiger partial charge in [-0.1, -0.05) is 12.1 Å². The molecule has 23 heavy (non-hydrogen) atoms. The number of likely N-dealkylation sites (tertiary alicyclic amines) is 1. The molecule has 0 saturated carbocycles. The van der Waals surface area contributed by atoms with Crippen LogP contribution < -0.4 is 0 Å². The van der Waals surface area contributed by atoms with Crippen LogP contribution in [0.3, 0.4) is 0 Å². The third-order valence-corrected chi connectivity index (χ3v) is 4.27. The van der Waals surface area contributed by atoms with Crippen molar-refractivity contribution in [2.45, 2.75) is 18.8 Å². The molecule has 2 heterocycles. The lowest BCUT2D eigenvalue weighted by atomic mass is 9.90. The van der Waals surface area contributed by atoms with E-state index < -0.39 is 5.97 Å². The Morgan fingerprint density at radius 1 is 1.22 bits per heavy atom. The third kappa shape index (κ3) is 3.26. The molecule has 6 heteroatoms. The van der Waals surface area contributed by atoms with E-state index in [4.69, 9.17) is 5.11 Å². The number of rotatable bonds is 3. The van der Waals surface area contributed by atoms with E-state index in [2.05, 4.69) is 5.10 Å². The van der Waals surface area contributed by atoms with E-state index in [0.717, 1.165) is 24.9 Å². The number of hydrogen-bond donors (Lipinski definition) is 1. The number of aromatic carboxylic acids is 1. The van der Waals surface area contributed by atoms with Crippen molar-refractivity contribution in [3.8, 4) is 0 Å². The van der Waals surface area contributed by atoms with Crippen LogP contribution in [0.25, 0.3) is 0 Å². The first-order valence-electron chi connectivity index (χ1n) is 7.67. The van der Waals surface area contributed by atoms with Gasteiger partial charge in [0.15, 0.2) is 0 Å². The molecule has 1 aromatic heterocycles. The van der Waals surface area contributed by atoms with Crippen molar-refractivity contribution in [2.75, 3.05) is 13.1 Å². The van der Waals surface area contributed by atoms with Gasteiger partial charge in [0.1, 0.15) is 5.69 Å². The van der Waals surface area contributed by atoms with E-state index in [-0.39, 0.29) is 17.4 Å². The Hall–Kier alpha value is -2.63. The summed E-state index contributed by atoms with van der Waals surface area (Å²) in [5, 5.41) is 13.1. The minimum absolute atomic E-state index is 0.0440. The van der Waals surface area contributed by atoms with Crippen LogP contribution in [0.2, 0.25) is 0 Å². The van der Waals surface area contributed by atoms with E-state index in [1.165, 1.54) is 0 Å². The maximum absolute atomic E-state index is 12.5. The summed E-state index contributed by atoms with van der Waals surface area (Å²) >= 11 is 0. The standard InChI is InChI=1S/C17H19N3O3/c1-19-10-8-15(18-19)16(21)20-9-2-3-14(11-20)12-4-6-13(7-5-12)17(22)23/h4-8,10,14H,2-3,9,11H2,1H3,(H,22,23). The molecule has 0 aliphatic carbocycles. The molecule has 1 aliphatic rings. The number of carbonyl (C=O) groups excluding carboxylic acids is 1. The van der Waals surface area contributed by atoms with Gasteiger partial charge in [-0.05, 0) is 36.6 Å². The predicted molar refractivity (Wildman–Crippen MR) is 84.5 cm³/mol. The summed E-state index contributed by atoms with van der Waals surface area (Å²) in [5.41, 5.74) is 1.83. The van der Waals surface area contributed by atoms with Crippen LogP contribution in [0.5, 0.6) is 0 Å². The molecule has 1 fully saturated rings. The van der Waals surface area contributed by atoms with E-state index in [1.807, 2.05) is 17.0 Å². The Kier molecular flexibility index (Phi) is 4.14. The van der Waals surface area contributed by atoms with Gasteiger partial charge in [-0.15, -0.1) is 0 Å². The smallest absolute Gasteiger partial charge is 0.335 e. The van der Waals surface area contributed by atoms with E-state index in [9.17, 15) is 9.59 Å². The number of benzene rings is 1. The van der Waals surface area contributed by atoms with Crippen molar-refractivity contribution >= 4 is 11.9 Å². The zero-order chi connectivity index (χ0) is 16.4. The lowest BCUT2D eigenvalue weighted by Gasteiger charge is -2.32. The first-order chi connectivity index (χ1) is 11.0. The maximum Gasteiger partial charge on any atom is 0.335 e. The fraction of sp³-hybridized carbons (Fsp3) is 0.353. The summed E-state index contributed by atoms with van der Waals surface area (Å²) in [7, 11) is 1.79. The van der Waals surface area contributed by atoms with Crippen LogP contribution in [0.15, 0.2) is 36.5 Å². The zero-order valence-electron chi connectivity index (χ0n) is 13.0. The molecule has 2 aromatic rings. The highest BCUT2D eigenvalue weighted by Gasteiger charge is 2.26. The van der Waals surface area contributed by atoms with Crippen LogP contribution in [0.4, 0.5) is 0 Å². The molecule has 1 N–H and O–H groups in total. The average molecular weight is 313 g/mol. The number of aromatic nitrogens is 2. The Bertz CT molecular complexity index is 721. The number of carboxylic acid groups (broad SMARTS) is 1. The number of carboxylic acids is 1. The highest BCUT2D eigenvalue weighted by molar-refractivity contribution is 5.92. The Morgan fingerprint density at radius 2 is 1.96 bits per heavy atom. The van der Waals surface area contributed by atoms with Gasteiger partial charge in [0.25, 0.3) is 5.91 Å². The summed E-state index contributed by atoms with van der Waals surface area (Å²) in [6.45, 7) is 1.38. The topological polar surface area (TPSA) is 75.4 Å². The fourth-order valence-corrected chi connectivity index (χ4v) is 3.02. The van der Waals surface area contributed by atoms with Crippen LogP contribution >= 0.6 is 0 Å². The van der Waals surface area contributed by atoms with Gasteiger partial charge in [0, 0.05) is 32.3 Å². The molecule has 0 radical (unpaired) electrons. The van der Waals surface area contributed by atoms with Crippen molar-refractivity contribution in [1.82, 2.24) is 14.7 Å². The summed E-state index contributed by atoms with van der Waals surface area (Å²) in [5.74, 6) is -0.733. The molecule has 1 atom stereocenters. The van der Waals surface area contributed by atoms with Crippen LogP contribution in [-0.4, -0.2) is 44.8 Å². The third-order valence-electron chi connectivity index (χ3n) is 4.27. The number of aryl methyl sites for hydroxylation is 1. The summed E-state index contributed by atoms with van der Waals surface area (Å²) in [6, 6.07) is 8.67. The van der Waals surface area contributed by atoms with Crippen LogP contribution in [-0.2, 0) is 7.05 Å². The second-order valence-corrected chi connectivity index (χ2v) is 5.89. The second kappa shape index (κ2) is 6.24. The molecular formula is C17H19N3O3. The summed E-state index contributed by atoms with van der Waals surface area (Å²) in [4.78, 5) is 25.3. The number of amides is 1. The lowest BCUT2D eigenvalue weighted by molar-refractivity contribution is 0.0692. The van der Waals surface area contributed by atoms with Crippen LogP contribution in [0, 0.1) is 0 Å². The van der Waals surface area contributed by atoms with Gasteiger partial charge in [0.05, 0.1) is 5.56 Å². The Morgan fingerprint density at radius 3 is 2.57 bits per heavy atom. The molecule has 1 saturated heterocycles. The van der Waals surface area contributed by atoms with Gasteiger partial charge in [-0.25, -0.2) is 4.79 Å². The number of hydrogen-bond acceptors (Lipinski definition) is 3. The molecule has 0 bridgehead atoms. The summed E-state index contributed by atoms with van der Waals surface area (Å²) in [6.07, 6.45) is 3.70. The van der Waals surface area contributed by atoms with Crippen molar-refractivity contribution in [2.24, 2.45) is 7.05 Å². The molecule has 1 aliphatic heterocycles. The molecule has 1 amide bonds. The second-order valence-electron chi connectivity index (χ2n) is 5.89. The first-order valence-corrected chi connectivity index (χ1v) is 7.67. The zero-order valence-corrected chi connectivity index (χ0v) is 13.0. The fourth-order valence-electron chi connectivity index (χ4n) is 3.02. The molecule has 0 spiro atoms. The van der Waals surface area contributed by atoms with Gasteiger partial charge in [-0.3, -0.25) is 9.48 Å². The molecule has 1 aromatic carbocycles. The normalized spacial score (nSPS) is 18.0. The van der Waals surface area contributed by atoms with Crippen LogP contribution in [0.1, 0.15) is 45.2 Å². The van der Waals surface area contributed by atoms with E-state index >= 15 is 0 Å². The highest BCUT2D eigenvalue weighted by atomic mass is 16.4. The van der Waals surface area contributed by atoms with Crippen molar-refractivity contribution in [1.29, 1.82) is 0 Å². The molecule has 120 valence electrons. The SMILES string of the molecule is Cn1ccc(C(=O)N2CCCC(c3ccc(C(=O)O)cc3)C2)n1. The number of nitrogens with zero attached hydrogens (tertiary/aromatic N) is 3. The first kappa shape index (κ1) is 15.3. The number of carbonyl (C=O) groups is 2. The molecule has 6 nitrogen and oxygen atoms in total. The van der Waals surface area contributed by atoms with E-state index in [1.54, 1.807) is 36.1 Å². The molecular weight excluding hydrogens is 294 g/mol. The largest absolute Gasteiger partial charge is 0.478 e. The Labute approximate surface area is 134 Å². The predicted octanol–water partition coefficient (Wildman–Crippen LogP) is 2.14. The minimum Gasteiger partial charge on any atom is -0.478 e. The van der Waals surface area contributed by atoms with Crippen molar-refractivity contribution in [3.05, 3.63) is 53.3 Å². The van der Waals surface area contributed by atoms with Gasteiger partial charge >= 0.3 is 5.97 Å².